The molecule has 0 unspecified atom stereocenters. The molecular formula is C16H26N2. The van der Waals surface area contributed by atoms with E-state index in [1.54, 1.807) is 0 Å². The molecule has 2 heteroatoms. The van der Waals surface area contributed by atoms with Crippen molar-refractivity contribution >= 4 is 0 Å². The van der Waals surface area contributed by atoms with E-state index < -0.39 is 0 Å². The lowest BCUT2D eigenvalue weighted by Crippen LogP contribution is -2.38. The van der Waals surface area contributed by atoms with Gasteiger partial charge in [0.05, 0.1) is 0 Å². The first-order chi connectivity index (χ1) is 8.61. The standard InChI is InChI=1S/C16H26N2/c1-4-9-17-12-16(2,3)13-18-10-14-7-5-6-8-15(14)11-18/h5-8,17H,4,9-13H2,1-3H3. The molecule has 0 atom stereocenters. The van der Waals surface area contributed by atoms with Crippen LogP contribution in [-0.2, 0) is 13.1 Å². The summed E-state index contributed by atoms with van der Waals surface area (Å²) in [5.74, 6) is 0. The first-order valence-electron chi connectivity index (χ1n) is 7.10. The topological polar surface area (TPSA) is 15.3 Å². The van der Waals surface area contributed by atoms with Crippen molar-refractivity contribution < 1.29 is 0 Å². The van der Waals surface area contributed by atoms with Gasteiger partial charge in [-0.1, -0.05) is 45.0 Å². The van der Waals surface area contributed by atoms with Crippen LogP contribution in [0.2, 0.25) is 0 Å². The molecule has 1 aliphatic heterocycles. The van der Waals surface area contributed by atoms with Gasteiger partial charge in [0.25, 0.3) is 0 Å². The molecule has 1 heterocycles. The molecule has 0 aliphatic carbocycles. The molecule has 1 N–H and O–H groups in total. The molecule has 0 aromatic heterocycles. The van der Waals surface area contributed by atoms with Crippen LogP contribution in [0.15, 0.2) is 24.3 Å². The Hall–Kier alpha value is -0.860. The predicted molar refractivity (Wildman–Crippen MR) is 77.5 cm³/mol. The lowest BCUT2D eigenvalue weighted by atomic mass is 9.92. The van der Waals surface area contributed by atoms with Crippen LogP contribution in [0, 0.1) is 5.41 Å². The monoisotopic (exact) mass is 246 g/mol. The molecule has 0 saturated heterocycles. The zero-order valence-electron chi connectivity index (χ0n) is 12.0. The maximum Gasteiger partial charge on any atom is 0.0240 e. The molecular weight excluding hydrogens is 220 g/mol. The summed E-state index contributed by atoms with van der Waals surface area (Å²) in [4.78, 5) is 2.57. The summed E-state index contributed by atoms with van der Waals surface area (Å²) in [6.45, 7) is 12.6. The third kappa shape index (κ3) is 3.56. The van der Waals surface area contributed by atoms with E-state index in [1.165, 1.54) is 24.1 Å². The molecule has 0 bridgehead atoms. The van der Waals surface area contributed by atoms with E-state index in [0.29, 0.717) is 5.41 Å². The first kappa shape index (κ1) is 13.6. The Morgan fingerprint density at radius 3 is 2.33 bits per heavy atom. The minimum Gasteiger partial charge on any atom is -0.316 e. The molecule has 100 valence electrons. The smallest absolute Gasteiger partial charge is 0.0240 e. The van der Waals surface area contributed by atoms with E-state index in [2.05, 4.69) is 55.3 Å². The van der Waals surface area contributed by atoms with E-state index in [4.69, 9.17) is 0 Å². The summed E-state index contributed by atoms with van der Waals surface area (Å²) < 4.78 is 0. The molecule has 0 radical (unpaired) electrons. The number of nitrogens with one attached hydrogen (secondary N) is 1. The molecule has 0 saturated carbocycles. The van der Waals surface area contributed by atoms with Gasteiger partial charge in [-0.25, -0.2) is 0 Å². The molecule has 18 heavy (non-hydrogen) atoms. The van der Waals surface area contributed by atoms with Gasteiger partial charge in [0.1, 0.15) is 0 Å². The molecule has 1 aromatic carbocycles. The fourth-order valence-electron chi connectivity index (χ4n) is 2.78. The molecule has 1 aliphatic rings. The largest absolute Gasteiger partial charge is 0.316 e. The highest BCUT2D eigenvalue weighted by atomic mass is 15.1. The summed E-state index contributed by atoms with van der Waals surface area (Å²) in [6.07, 6.45) is 1.21. The molecule has 0 spiro atoms. The number of nitrogens with zero attached hydrogens (tertiary/aromatic N) is 1. The van der Waals surface area contributed by atoms with Gasteiger partial charge >= 0.3 is 0 Å². The third-order valence-electron chi connectivity index (χ3n) is 3.59. The number of rotatable bonds is 6. The van der Waals surface area contributed by atoms with Crippen LogP contribution >= 0.6 is 0 Å². The lowest BCUT2D eigenvalue weighted by molar-refractivity contribution is 0.175. The molecule has 0 amide bonds. The minimum absolute atomic E-state index is 0.344. The van der Waals surface area contributed by atoms with Gasteiger partial charge in [-0.15, -0.1) is 0 Å². The average molecular weight is 246 g/mol. The van der Waals surface area contributed by atoms with Crippen molar-refractivity contribution in [2.45, 2.75) is 40.3 Å². The maximum absolute atomic E-state index is 3.54. The Morgan fingerprint density at radius 2 is 1.78 bits per heavy atom. The van der Waals surface area contributed by atoms with Gasteiger partial charge < -0.3 is 5.32 Å². The van der Waals surface area contributed by atoms with Gasteiger partial charge in [0.15, 0.2) is 0 Å². The summed E-state index contributed by atoms with van der Waals surface area (Å²) in [7, 11) is 0. The number of benzene rings is 1. The quantitative estimate of drug-likeness (QED) is 0.776. The van der Waals surface area contributed by atoms with Crippen molar-refractivity contribution in [1.82, 2.24) is 10.2 Å². The molecule has 1 aromatic rings. The Morgan fingerprint density at radius 1 is 1.17 bits per heavy atom. The Labute approximate surface area is 111 Å². The summed E-state index contributed by atoms with van der Waals surface area (Å²) in [5, 5.41) is 3.54. The van der Waals surface area contributed by atoms with Gasteiger partial charge in [-0.2, -0.15) is 0 Å². The second kappa shape index (κ2) is 5.85. The fraction of sp³-hybridized carbons (Fsp3) is 0.625. The van der Waals surface area contributed by atoms with E-state index in [1.807, 2.05) is 0 Å². The second-order valence-electron chi connectivity index (χ2n) is 6.25. The van der Waals surface area contributed by atoms with E-state index in [9.17, 15) is 0 Å². The van der Waals surface area contributed by atoms with Gasteiger partial charge in [-0.3, -0.25) is 4.90 Å². The van der Waals surface area contributed by atoms with Crippen molar-refractivity contribution in [3.05, 3.63) is 35.4 Å². The highest BCUT2D eigenvalue weighted by Gasteiger charge is 2.25. The van der Waals surface area contributed by atoms with Crippen molar-refractivity contribution in [3.8, 4) is 0 Å². The van der Waals surface area contributed by atoms with Crippen LogP contribution in [0.3, 0.4) is 0 Å². The summed E-state index contributed by atoms with van der Waals surface area (Å²) >= 11 is 0. The van der Waals surface area contributed by atoms with Gasteiger partial charge in [0, 0.05) is 26.2 Å². The molecule has 0 fully saturated rings. The van der Waals surface area contributed by atoms with Crippen LogP contribution in [0.25, 0.3) is 0 Å². The molecule has 2 rings (SSSR count). The molecule has 2 nitrogen and oxygen atoms in total. The van der Waals surface area contributed by atoms with Crippen LogP contribution in [0.4, 0.5) is 0 Å². The van der Waals surface area contributed by atoms with E-state index in [0.717, 1.165) is 26.2 Å². The normalized spacial score (nSPS) is 15.9. The average Bonchev–Trinajstić information content (AvgIpc) is 2.70. The SMILES string of the molecule is CCCNCC(C)(C)CN1Cc2ccccc2C1. The van der Waals surface area contributed by atoms with Crippen molar-refractivity contribution in [2.24, 2.45) is 5.41 Å². The van der Waals surface area contributed by atoms with E-state index >= 15 is 0 Å². The zero-order chi connectivity index (χ0) is 13.0. The van der Waals surface area contributed by atoms with Crippen LogP contribution < -0.4 is 5.32 Å². The van der Waals surface area contributed by atoms with Crippen molar-refractivity contribution in [3.63, 3.8) is 0 Å². The van der Waals surface area contributed by atoms with E-state index in [-0.39, 0.29) is 0 Å². The number of hydrogen-bond donors (Lipinski definition) is 1. The maximum atomic E-state index is 3.54. The van der Waals surface area contributed by atoms with Crippen molar-refractivity contribution in [2.75, 3.05) is 19.6 Å². The highest BCUT2D eigenvalue weighted by molar-refractivity contribution is 5.30. The second-order valence-corrected chi connectivity index (χ2v) is 6.25. The van der Waals surface area contributed by atoms with Gasteiger partial charge in [0.2, 0.25) is 0 Å². The van der Waals surface area contributed by atoms with Gasteiger partial charge in [-0.05, 0) is 29.5 Å². The van der Waals surface area contributed by atoms with Crippen LogP contribution in [0.1, 0.15) is 38.3 Å². The van der Waals surface area contributed by atoms with Crippen LogP contribution in [0.5, 0.6) is 0 Å². The Kier molecular flexibility index (Phi) is 4.41. The Bertz CT molecular complexity index is 359. The first-order valence-corrected chi connectivity index (χ1v) is 7.10. The minimum atomic E-state index is 0.344. The number of hydrogen-bond acceptors (Lipinski definition) is 2. The Balaban J connectivity index is 1.85. The summed E-state index contributed by atoms with van der Waals surface area (Å²) in [6, 6.07) is 8.82. The fourth-order valence-corrected chi connectivity index (χ4v) is 2.78. The zero-order valence-corrected chi connectivity index (χ0v) is 12.0. The number of fused-ring (bicyclic) bond motifs is 1. The van der Waals surface area contributed by atoms with Crippen molar-refractivity contribution in [1.29, 1.82) is 0 Å². The van der Waals surface area contributed by atoms with Crippen LogP contribution in [-0.4, -0.2) is 24.5 Å². The summed E-state index contributed by atoms with van der Waals surface area (Å²) in [5.41, 5.74) is 3.36. The predicted octanol–water partition coefficient (Wildman–Crippen LogP) is 3.03. The lowest BCUT2D eigenvalue weighted by Gasteiger charge is -2.30. The third-order valence-corrected chi connectivity index (χ3v) is 3.59. The highest BCUT2D eigenvalue weighted by Crippen LogP contribution is 2.26.